The van der Waals surface area contributed by atoms with Gasteiger partial charge in [0.1, 0.15) is 11.4 Å². The van der Waals surface area contributed by atoms with E-state index in [2.05, 4.69) is 10.2 Å². The number of thioether (sulfide) groups is 1. The minimum Gasteiger partial charge on any atom is -0.493 e. The van der Waals surface area contributed by atoms with Crippen LogP contribution in [0.5, 0.6) is 11.5 Å². The number of hydrogen-bond donors (Lipinski definition) is 1. The molecule has 2 atom stereocenters. The van der Waals surface area contributed by atoms with Crippen LogP contribution in [0.2, 0.25) is 0 Å². The molecule has 0 bridgehead atoms. The van der Waals surface area contributed by atoms with Gasteiger partial charge in [-0.1, -0.05) is 12.5 Å². The van der Waals surface area contributed by atoms with Crippen molar-refractivity contribution in [3.8, 4) is 11.5 Å². The Kier molecular flexibility index (Phi) is 7.66. The monoisotopic (exact) mass is 421 g/mol. The Morgan fingerprint density at radius 1 is 1.14 bits per heavy atom. The maximum absolute atomic E-state index is 12.8. The summed E-state index contributed by atoms with van der Waals surface area (Å²) >= 11 is 1.60. The number of nitrogens with zero attached hydrogens (tertiary/aromatic N) is 2. The first kappa shape index (κ1) is 21.8. The van der Waals surface area contributed by atoms with Crippen molar-refractivity contribution in [2.75, 3.05) is 46.2 Å². The maximum Gasteiger partial charge on any atom is 0.243 e. The molecule has 0 unspecified atom stereocenters. The van der Waals surface area contributed by atoms with Gasteiger partial charge < -0.3 is 24.6 Å². The number of ether oxygens (including phenoxy) is 2. The molecule has 8 heteroatoms. The second-order valence-electron chi connectivity index (χ2n) is 7.44. The lowest BCUT2D eigenvalue weighted by Crippen LogP contribution is -2.48. The van der Waals surface area contributed by atoms with Crippen molar-refractivity contribution < 1.29 is 19.1 Å². The number of nitrogens with one attached hydrogen (secondary N) is 1. The van der Waals surface area contributed by atoms with E-state index in [0.717, 1.165) is 25.2 Å². The van der Waals surface area contributed by atoms with Crippen molar-refractivity contribution in [2.24, 2.45) is 0 Å². The van der Waals surface area contributed by atoms with E-state index in [1.54, 1.807) is 30.9 Å². The van der Waals surface area contributed by atoms with Gasteiger partial charge in [0, 0.05) is 25.8 Å². The smallest absolute Gasteiger partial charge is 0.243 e. The highest BCUT2D eigenvalue weighted by Crippen LogP contribution is 2.43. The molecule has 1 aromatic carbocycles. The zero-order valence-corrected chi connectivity index (χ0v) is 18.3. The summed E-state index contributed by atoms with van der Waals surface area (Å²) in [6, 6.07) is 5.17. The quantitative estimate of drug-likeness (QED) is 0.728. The molecule has 0 saturated carbocycles. The number of carbonyl (C=O) groups excluding carboxylic acids is 2. The summed E-state index contributed by atoms with van der Waals surface area (Å²) in [5.41, 5.74) is 0.923. The van der Waals surface area contributed by atoms with Crippen molar-refractivity contribution in [1.29, 1.82) is 0 Å². The Balaban J connectivity index is 1.64. The van der Waals surface area contributed by atoms with Gasteiger partial charge in [-0.05, 0) is 43.6 Å². The van der Waals surface area contributed by atoms with Gasteiger partial charge in [-0.3, -0.25) is 9.59 Å². The van der Waals surface area contributed by atoms with Crippen molar-refractivity contribution in [3.63, 3.8) is 0 Å². The highest BCUT2D eigenvalue weighted by molar-refractivity contribution is 7.99. The molecule has 0 radical (unpaired) electrons. The molecule has 1 N–H and O–H groups in total. The molecule has 2 heterocycles. The summed E-state index contributed by atoms with van der Waals surface area (Å²) in [5, 5.41) is 2.82. The summed E-state index contributed by atoms with van der Waals surface area (Å²) in [7, 11) is 3.18. The molecule has 3 rings (SSSR count). The highest BCUT2D eigenvalue weighted by Gasteiger charge is 2.41. The van der Waals surface area contributed by atoms with Gasteiger partial charge in [0.15, 0.2) is 11.5 Å². The number of piperidine rings is 1. The summed E-state index contributed by atoms with van der Waals surface area (Å²) in [4.78, 5) is 29.3. The van der Waals surface area contributed by atoms with E-state index in [1.807, 2.05) is 18.2 Å². The lowest BCUT2D eigenvalue weighted by molar-refractivity contribution is -0.138. The molecule has 2 amide bonds. The topological polar surface area (TPSA) is 71.1 Å². The third kappa shape index (κ3) is 5.17. The number of amides is 2. The molecule has 1 aromatic rings. The largest absolute Gasteiger partial charge is 0.493 e. The molecule has 2 saturated heterocycles. The van der Waals surface area contributed by atoms with E-state index < -0.39 is 6.04 Å². The first-order chi connectivity index (χ1) is 14.0. The van der Waals surface area contributed by atoms with Gasteiger partial charge in [0.05, 0.1) is 14.2 Å². The van der Waals surface area contributed by atoms with E-state index >= 15 is 0 Å². The number of methoxy groups -OCH3 is 2. The van der Waals surface area contributed by atoms with Gasteiger partial charge in [-0.25, -0.2) is 0 Å². The summed E-state index contributed by atoms with van der Waals surface area (Å²) in [5.74, 6) is 1.65. The van der Waals surface area contributed by atoms with Crippen molar-refractivity contribution >= 4 is 23.6 Å². The van der Waals surface area contributed by atoms with Crippen LogP contribution >= 0.6 is 11.8 Å². The molecular formula is C21H31N3O4S. The standard InChI is InChI=1S/C21H31N3O4S/c1-15(25)24-17(20(26)22-9-12-23-10-5-4-6-11-23)14-29-21(24)16-7-8-18(27-2)19(13-16)28-3/h7-8,13,17,21H,4-6,9-12,14H2,1-3H3,(H,22,26)/t17-,21+/m0/s1. The number of likely N-dealkylation sites (tertiary alicyclic amines) is 1. The van der Waals surface area contributed by atoms with E-state index in [9.17, 15) is 9.59 Å². The lowest BCUT2D eigenvalue weighted by Gasteiger charge is -2.29. The second kappa shape index (κ2) is 10.2. The third-order valence-corrected chi connectivity index (χ3v) is 6.86. The molecule has 0 aliphatic carbocycles. The van der Waals surface area contributed by atoms with Crippen LogP contribution in [0.25, 0.3) is 0 Å². The molecule has 2 aliphatic rings. The molecule has 7 nitrogen and oxygen atoms in total. The first-order valence-corrected chi connectivity index (χ1v) is 11.2. The van der Waals surface area contributed by atoms with E-state index in [-0.39, 0.29) is 17.2 Å². The van der Waals surface area contributed by atoms with Crippen molar-refractivity contribution in [1.82, 2.24) is 15.1 Å². The normalized spacial score (nSPS) is 22.4. The second-order valence-corrected chi connectivity index (χ2v) is 8.55. The summed E-state index contributed by atoms with van der Waals surface area (Å²) < 4.78 is 10.7. The van der Waals surface area contributed by atoms with Crippen LogP contribution in [0.3, 0.4) is 0 Å². The fourth-order valence-corrected chi connectivity index (χ4v) is 5.47. The number of rotatable bonds is 7. The predicted molar refractivity (Wildman–Crippen MR) is 114 cm³/mol. The van der Waals surface area contributed by atoms with Gasteiger partial charge in [-0.15, -0.1) is 11.8 Å². The molecule has 2 fully saturated rings. The molecule has 29 heavy (non-hydrogen) atoms. The average molecular weight is 422 g/mol. The fourth-order valence-electron chi connectivity index (χ4n) is 3.99. The van der Waals surface area contributed by atoms with E-state index in [1.165, 1.54) is 26.2 Å². The number of hydrogen-bond acceptors (Lipinski definition) is 6. The number of carbonyl (C=O) groups is 2. The SMILES string of the molecule is COc1ccc([C@H]2SC[C@@H](C(=O)NCCN3CCCCC3)N2C(C)=O)cc1OC. The molecular weight excluding hydrogens is 390 g/mol. The Bertz CT molecular complexity index is 724. The minimum absolute atomic E-state index is 0.0762. The Labute approximate surface area is 177 Å². The first-order valence-electron chi connectivity index (χ1n) is 10.2. The van der Waals surface area contributed by atoms with Crippen LogP contribution in [0.4, 0.5) is 0 Å². The minimum atomic E-state index is -0.461. The van der Waals surface area contributed by atoms with Crippen molar-refractivity contribution in [2.45, 2.75) is 37.6 Å². The zero-order valence-electron chi connectivity index (χ0n) is 17.5. The van der Waals surface area contributed by atoms with Crippen LogP contribution in [-0.2, 0) is 9.59 Å². The van der Waals surface area contributed by atoms with Gasteiger partial charge in [0.2, 0.25) is 11.8 Å². The Morgan fingerprint density at radius 3 is 2.52 bits per heavy atom. The molecule has 160 valence electrons. The van der Waals surface area contributed by atoms with Crippen LogP contribution < -0.4 is 14.8 Å². The lowest BCUT2D eigenvalue weighted by atomic mass is 10.1. The zero-order chi connectivity index (χ0) is 20.8. The highest BCUT2D eigenvalue weighted by atomic mass is 32.2. The average Bonchev–Trinajstić information content (AvgIpc) is 3.19. The van der Waals surface area contributed by atoms with Crippen LogP contribution in [0.1, 0.15) is 37.1 Å². The van der Waals surface area contributed by atoms with Gasteiger partial charge in [-0.2, -0.15) is 0 Å². The van der Waals surface area contributed by atoms with Crippen LogP contribution in [0, 0.1) is 0 Å². The molecule has 0 aromatic heterocycles. The van der Waals surface area contributed by atoms with Gasteiger partial charge in [0.25, 0.3) is 0 Å². The van der Waals surface area contributed by atoms with E-state index in [4.69, 9.17) is 9.47 Å². The number of benzene rings is 1. The Hall–Kier alpha value is -1.93. The molecule has 0 spiro atoms. The predicted octanol–water partition coefficient (Wildman–Crippen LogP) is 2.27. The summed E-state index contributed by atoms with van der Waals surface area (Å²) in [6.07, 6.45) is 3.77. The fraction of sp³-hybridized carbons (Fsp3) is 0.619. The van der Waals surface area contributed by atoms with Gasteiger partial charge >= 0.3 is 0 Å². The van der Waals surface area contributed by atoms with Crippen LogP contribution in [-0.4, -0.2) is 73.8 Å². The third-order valence-electron chi connectivity index (χ3n) is 5.54. The van der Waals surface area contributed by atoms with E-state index in [0.29, 0.717) is 23.8 Å². The van der Waals surface area contributed by atoms with Crippen LogP contribution in [0.15, 0.2) is 18.2 Å². The Morgan fingerprint density at radius 2 is 1.86 bits per heavy atom. The molecule has 2 aliphatic heterocycles. The summed E-state index contributed by atoms with van der Waals surface area (Å²) in [6.45, 7) is 5.22. The maximum atomic E-state index is 12.8. The van der Waals surface area contributed by atoms with Crippen molar-refractivity contribution in [3.05, 3.63) is 23.8 Å².